The number of hydrogen-bond donors (Lipinski definition) is 1. The van der Waals surface area contributed by atoms with Gasteiger partial charge in [0.15, 0.2) is 11.6 Å². The van der Waals surface area contributed by atoms with Crippen molar-refractivity contribution in [2.45, 2.75) is 19.8 Å². The second kappa shape index (κ2) is 3.74. The fraction of sp³-hybridized carbons (Fsp3) is 0.538. The molecule has 1 aliphatic carbocycles. The molecular formula is C13H18FNO. The maximum atomic E-state index is 13.3. The molecule has 0 bridgehead atoms. The summed E-state index contributed by atoms with van der Waals surface area (Å²) >= 11 is 0. The van der Waals surface area contributed by atoms with Crippen molar-refractivity contribution >= 4 is 0 Å². The number of hydrogen-bond acceptors (Lipinski definition) is 2. The van der Waals surface area contributed by atoms with Crippen LogP contribution in [-0.4, -0.2) is 13.7 Å². The SMILES string of the molecule is COc1cc([C@H]2[C@H](CN)C2(C)C)ccc1F. The van der Waals surface area contributed by atoms with Crippen LogP contribution in [0.4, 0.5) is 4.39 Å². The van der Waals surface area contributed by atoms with E-state index in [0.717, 1.165) is 5.56 Å². The number of halogens is 1. The van der Waals surface area contributed by atoms with E-state index in [0.29, 0.717) is 24.1 Å². The fourth-order valence-electron chi connectivity index (χ4n) is 2.72. The second-order valence-electron chi connectivity index (χ2n) is 5.04. The normalized spacial score (nSPS) is 26.6. The molecule has 0 spiro atoms. The van der Waals surface area contributed by atoms with Crippen molar-refractivity contribution < 1.29 is 9.13 Å². The number of nitrogens with two attached hydrogens (primary N) is 1. The van der Waals surface area contributed by atoms with Crippen LogP contribution in [0.2, 0.25) is 0 Å². The van der Waals surface area contributed by atoms with Crippen molar-refractivity contribution in [3.63, 3.8) is 0 Å². The predicted molar refractivity (Wildman–Crippen MR) is 62.0 cm³/mol. The highest BCUT2D eigenvalue weighted by Gasteiger charge is 2.57. The van der Waals surface area contributed by atoms with Crippen LogP contribution in [0.25, 0.3) is 0 Å². The quantitative estimate of drug-likeness (QED) is 0.854. The van der Waals surface area contributed by atoms with Gasteiger partial charge in [0, 0.05) is 0 Å². The van der Waals surface area contributed by atoms with Gasteiger partial charge in [-0.25, -0.2) is 4.39 Å². The van der Waals surface area contributed by atoms with Gasteiger partial charge < -0.3 is 10.5 Å². The summed E-state index contributed by atoms with van der Waals surface area (Å²) in [6.45, 7) is 5.08. The van der Waals surface area contributed by atoms with E-state index >= 15 is 0 Å². The second-order valence-corrected chi connectivity index (χ2v) is 5.04. The van der Waals surface area contributed by atoms with Gasteiger partial charge in [-0.2, -0.15) is 0 Å². The average molecular weight is 223 g/mol. The zero-order valence-electron chi connectivity index (χ0n) is 9.96. The molecule has 2 N–H and O–H groups in total. The van der Waals surface area contributed by atoms with Gasteiger partial charge in [0.25, 0.3) is 0 Å². The number of benzene rings is 1. The van der Waals surface area contributed by atoms with Crippen molar-refractivity contribution in [2.75, 3.05) is 13.7 Å². The number of rotatable bonds is 3. The molecule has 1 fully saturated rings. The van der Waals surface area contributed by atoms with E-state index in [-0.39, 0.29) is 11.2 Å². The molecule has 0 heterocycles. The largest absolute Gasteiger partial charge is 0.494 e. The standard InChI is InChI=1S/C13H18FNO/c1-13(2)9(7-15)12(13)8-4-5-10(14)11(6-8)16-3/h4-6,9,12H,7,15H2,1-3H3/t9-,12-/m0/s1. The van der Waals surface area contributed by atoms with E-state index in [4.69, 9.17) is 10.5 Å². The Kier molecular flexibility index (Phi) is 2.66. The Labute approximate surface area is 95.6 Å². The highest BCUT2D eigenvalue weighted by Crippen LogP contribution is 2.64. The third-order valence-corrected chi connectivity index (χ3v) is 3.84. The molecule has 3 heteroatoms. The van der Waals surface area contributed by atoms with Gasteiger partial charge in [-0.3, -0.25) is 0 Å². The highest BCUT2D eigenvalue weighted by atomic mass is 19.1. The van der Waals surface area contributed by atoms with E-state index in [1.54, 1.807) is 6.07 Å². The summed E-state index contributed by atoms with van der Waals surface area (Å²) in [6, 6.07) is 5.09. The van der Waals surface area contributed by atoms with E-state index in [9.17, 15) is 4.39 Å². The molecule has 2 nitrogen and oxygen atoms in total. The van der Waals surface area contributed by atoms with Crippen molar-refractivity contribution in [1.82, 2.24) is 0 Å². The van der Waals surface area contributed by atoms with Gasteiger partial charge in [0.2, 0.25) is 0 Å². The van der Waals surface area contributed by atoms with Crippen LogP contribution in [0, 0.1) is 17.2 Å². The Morgan fingerprint density at radius 1 is 1.44 bits per heavy atom. The highest BCUT2D eigenvalue weighted by molar-refractivity contribution is 5.38. The minimum Gasteiger partial charge on any atom is -0.494 e. The maximum Gasteiger partial charge on any atom is 0.165 e. The zero-order valence-corrected chi connectivity index (χ0v) is 9.96. The molecule has 88 valence electrons. The van der Waals surface area contributed by atoms with Gasteiger partial charge >= 0.3 is 0 Å². The molecule has 16 heavy (non-hydrogen) atoms. The molecule has 0 aliphatic heterocycles. The van der Waals surface area contributed by atoms with Crippen LogP contribution in [0.5, 0.6) is 5.75 Å². The molecule has 2 atom stereocenters. The summed E-state index contributed by atoms with van der Waals surface area (Å²) in [5.74, 6) is 0.916. The van der Waals surface area contributed by atoms with Crippen LogP contribution in [0.15, 0.2) is 18.2 Å². The van der Waals surface area contributed by atoms with Crippen LogP contribution in [0.1, 0.15) is 25.3 Å². The number of ether oxygens (including phenoxy) is 1. The van der Waals surface area contributed by atoms with Crippen molar-refractivity contribution in [3.8, 4) is 5.75 Å². The van der Waals surface area contributed by atoms with E-state index in [1.165, 1.54) is 13.2 Å². The number of methoxy groups -OCH3 is 1. The smallest absolute Gasteiger partial charge is 0.165 e. The van der Waals surface area contributed by atoms with Gasteiger partial charge in [0.1, 0.15) is 0 Å². The predicted octanol–water partition coefficient (Wildman–Crippen LogP) is 2.53. The Morgan fingerprint density at radius 3 is 2.62 bits per heavy atom. The molecule has 1 aliphatic rings. The average Bonchev–Trinajstić information content (AvgIpc) is 2.81. The summed E-state index contributed by atoms with van der Waals surface area (Å²) in [6.07, 6.45) is 0. The lowest BCUT2D eigenvalue weighted by atomic mass is 10.0. The molecule has 1 saturated carbocycles. The summed E-state index contributed by atoms with van der Waals surface area (Å²) in [5.41, 5.74) is 7.08. The molecular weight excluding hydrogens is 205 g/mol. The van der Waals surface area contributed by atoms with Crippen molar-refractivity contribution in [3.05, 3.63) is 29.6 Å². The molecule has 0 aromatic heterocycles. The monoisotopic (exact) mass is 223 g/mol. The molecule has 1 aromatic rings. The molecule has 0 amide bonds. The Balaban J connectivity index is 2.30. The Morgan fingerprint density at radius 2 is 2.12 bits per heavy atom. The van der Waals surface area contributed by atoms with Crippen LogP contribution >= 0.6 is 0 Å². The summed E-state index contributed by atoms with van der Waals surface area (Å²) < 4.78 is 18.3. The summed E-state index contributed by atoms with van der Waals surface area (Å²) in [7, 11) is 1.49. The lowest BCUT2D eigenvalue weighted by Gasteiger charge is -2.06. The molecule has 1 aromatic carbocycles. The van der Waals surface area contributed by atoms with E-state index in [2.05, 4.69) is 13.8 Å². The van der Waals surface area contributed by atoms with Gasteiger partial charge in [-0.15, -0.1) is 0 Å². The lowest BCUT2D eigenvalue weighted by molar-refractivity contribution is 0.385. The molecule has 0 unspecified atom stereocenters. The third kappa shape index (κ3) is 1.59. The fourth-order valence-corrected chi connectivity index (χ4v) is 2.72. The molecule has 2 rings (SSSR count). The van der Waals surface area contributed by atoms with Crippen LogP contribution < -0.4 is 10.5 Å². The van der Waals surface area contributed by atoms with Crippen LogP contribution in [-0.2, 0) is 0 Å². The van der Waals surface area contributed by atoms with Gasteiger partial charge in [0.05, 0.1) is 7.11 Å². The summed E-state index contributed by atoms with van der Waals surface area (Å²) in [5, 5.41) is 0. The first-order chi connectivity index (χ1) is 7.52. The lowest BCUT2D eigenvalue weighted by Crippen LogP contribution is -2.05. The third-order valence-electron chi connectivity index (χ3n) is 3.84. The minimum atomic E-state index is -0.311. The first-order valence-corrected chi connectivity index (χ1v) is 5.56. The Bertz CT molecular complexity index is 403. The van der Waals surface area contributed by atoms with E-state index in [1.807, 2.05) is 6.07 Å². The van der Waals surface area contributed by atoms with Crippen molar-refractivity contribution in [1.29, 1.82) is 0 Å². The topological polar surface area (TPSA) is 35.2 Å². The van der Waals surface area contributed by atoms with Gasteiger partial charge in [-0.05, 0) is 41.5 Å². The first-order valence-electron chi connectivity index (χ1n) is 5.56. The van der Waals surface area contributed by atoms with Crippen LogP contribution in [0.3, 0.4) is 0 Å². The summed E-state index contributed by atoms with van der Waals surface area (Å²) in [4.78, 5) is 0. The Hall–Kier alpha value is -1.09. The van der Waals surface area contributed by atoms with Crippen molar-refractivity contribution in [2.24, 2.45) is 17.1 Å². The van der Waals surface area contributed by atoms with E-state index < -0.39 is 0 Å². The molecule has 0 radical (unpaired) electrons. The first kappa shape index (κ1) is 11.4. The molecule has 0 saturated heterocycles. The minimum absolute atomic E-state index is 0.220. The van der Waals surface area contributed by atoms with Gasteiger partial charge in [-0.1, -0.05) is 19.9 Å². The zero-order chi connectivity index (χ0) is 11.9. The maximum absolute atomic E-state index is 13.3.